The van der Waals surface area contributed by atoms with Crippen molar-refractivity contribution in [3.63, 3.8) is 0 Å². The van der Waals surface area contributed by atoms with Gasteiger partial charge in [0.25, 0.3) is 0 Å². The van der Waals surface area contributed by atoms with Crippen LogP contribution in [-0.4, -0.2) is 17.9 Å². The molecule has 0 radical (unpaired) electrons. The maximum Gasteiger partial charge on any atom is 0.231 e. The average molecular weight is 237 g/mol. The fourth-order valence-corrected chi connectivity index (χ4v) is 1.61. The van der Waals surface area contributed by atoms with E-state index in [1.165, 1.54) is 13.8 Å². The van der Waals surface area contributed by atoms with Gasteiger partial charge in [0.2, 0.25) is 6.79 Å². The second-order valence-electron chi connectivity index (χ2n) is 4.52. The molecule has 1 N–H and O–H groups in total. The Morgan fingerprint density at radius 2 is 2.06 bits per heavy atom. The second-order valence-corrected chi connectivity index (χ2v) is 4.52. The van der Waals surface area contributed by atoms with E-state index in [4.69, 9.17) is 9.47 Å². The van der Waals surface area contributed by atoms with Gasteiger partial charge in [-0.3, -0.25) is 0 Å². The second kappa shape index (κ2) is 3.92. The quantitative estimate of drug-likeness (QED) is 0.813. The Balaban J connectivity index is 2.32. The molecule has 0 bridgehead atoms. The van der Waals surface area contributed by atoms with Crippen molar-refractivity contribution in [1.29, 1.82) is 0 Å². The lowest BCUT2D eigenvalue weighted by Gasteiger charge is -2.31. The van der Waals surface area contributed by atoms with Crippen molar-refractivity contribution in [1.82, 2.24) is 0 Å². The number of hydrogen-bond donors (Lipinski definition) is 1. The average Bonchev–Trinajstić information content (AvgIpc) is 2.74. The maximum atomic E-state index is 10.9. The van der Waals surface area contributed by atoms with Crippen LogP contribution < -0.4 is 14.6 Å². The van der Waals surface area contributed by atoms with Crippen LogP contribution in [0.25, 0.3) is 0 Å². The van der Waals surface area contributed by atoms with Crippen molar-refractivity contribution in [3.05, 3.63) is 23.8 Å². The molecule has 1 aromatic rings. The molecule has 2 rings (SSSR count). The Morgan fingerprint density at radius 3 is 2.71 bits per heavy atom. The standard InChI is InChI=1S/C12H14O5/c1-12(2,11(14)15)10(13)7-3-4-8-9(5-7)17-6-16-8/h3-5,10,13H,6H2,1-2H3,(H,14,15)/p-1/t10-/m0/s1. The van der Waals surface area contributed by atoms with Crippen LogP contribution in [0.5, 0.6) is 11.5 Å². The number of carbonyl (C=O) groups is 1. The smallest absolute Gasteiger partial charge is 0.231 e. The van der Waals surface area contributed by atoms with Crippen molar-refractivity contribution in [2.24, 2.45) is 5.41 Å². The number of ether oxygens (including phenoxy) is 2. The van der Waals surface area contributed by atoms with E-state index >= 15 is 0 Å². The van der Waals surface area contributed by atoms with Crippen LogP contribution in [0.1, 0.15) is 25.5 Å². The number of benzene rings is 1. The van der Waals surface area contributed by atoms with Crippen LogP contribution in [0.4, 0.5) is 0 Å². The fraction of sp³-hybridized carbons (Fsp3) is 0.417. The molecule has 92 valence electrons. The molecule has 1 aliphatic rings. The Labute approximate surface area is 98.6 Å². The van der Waals surface area contributed by atoms with E-state index in [1.807, 2.05) is 0 Å². The van der Waals surface area contributed by atoms with Crippen molar-refractivity contribution < 1.29 is 24.5 Å². The lowest BCUT2D eigenvalue weighted by atomic mass is 9.83. The Bertz CT molecular complexity index is 452. The summed E-state index contributed by atoms with van der Waals surface area (Å²) in [6.45, 7) is 2.97. The van der Waals surface area contributed by atoms with E-state index in [0.29, 0.717) is 17.1 Å². The van der Waals surface area contributed by atoms with Gasteiger partial charge in [-0.15, -0.1) is 0 Å². The van der Waals surface area contributed by atoms with Gasteiger partial charge in [0.15, 0.2) is 11.5 Å². The molecule has 0 saturated heterocycles. The molecule has 1 atom stereocenters. The molecule has 0 aliphatic carbocycles. The molecule has 5 nitrogen and oxygen atoms in total. The topological polar surface area (TPSA) is 78.8 Å². The lowest BCUT2D eigenvalue weighted by molar-refractivity contribution is -0.321. The summed E-state index contributed by atoms with van der Waals surface area (Å²) in [4.78, 5) is 10.9. The summed E-state index contributed by atoms with van der Waals surface area (Å²) in [5.41, 5.74) is -0.906. The van der Waals surface area contributed by atoms with Crippen LogP contribution in [0.3, 0.4) is 0 Å². The Kier molecular flexibility index (Phi) is 2.71. The van der Waals surface area contributed by atoms with Crippen molar-refractivity contribution in [2.45, 2.75) is 20.0 Å². The van der Waals surface area contributed by atoms with E-state index in [2.05, 4.69) is 0 Å². The summed E-state index contributed by atoms with van der Waals surface area (Å²) >= 11 is 0. The van der Waals surface area contributed by atoms with Crippen molar-refractivity contribution in [3.8, 4) is 11.5 Å². The molecule has 17 heavy (non-hydrogen) atoms. The van der Waals surface area contributed by atoms with Crippen LogP contribution in [0.15, 0.2) is 18.2 Å². The number of fused-ring (bicyclic) bond motifs is 1. The molecule has 1 heterocycles. The van der Waals surface area contributed by atoms with Crippen LogP contribution in [0.2, 0.25) is 0 Å². The summed E-state index contributed by atoms with van der Waals surface area (Å²) in [7, 11) is 0. The monoisotopic (exact) mass is 237 g/mol. The van der Waals surface area contributed by atoms with Gasteiger partial charge in [-0.25, -0.2) is 0 Å². The van der Waals surface area contributed by atoms with Gasteiger partial charge >= 0.3 is 0 Å². The molecule has 0 amide bonds. The lowest BCUT2D eigenvalue weighted by Crippen LogP contribution is -2.42. The number of rotatable bonds is 3. The number of aliphatic carboxylic acids is 1. The third-order valence-electron chi connectivity index (χ3n) is 2.92. The van der Waals surface area contributed by atoms with Gasteiger partial charge in [0.1, 0.15) is 0 Å². The molecule has 0 unspecified atom stereocenters. The number of carbonyl (C=O) groups excluding carboxylic acids is 1. The normalized spacial score (nSPS) is 15.7. The number of aliphatic hydroxyl groups is 1. The van der Waals surface area contributed by atoms with Crippen molar-refractivity contribution in [2.75, 3.05) is 6.79 Å². The molecule has 5 heteroatoms. The van der Waals surface area contributed by atoms with Crippen LogP contribution in [0, 0.1) is 5.41 Å². The highest BCUT2D eigenvalue weighted by Crippen LogP contribution is 2.38. The maximum absolute atomic E-state index is 10.9. The minimum absolute atomic E-state index is 0.138. The van der Waals surface area contributed by atoms with Crippen LogP contribution >= 0.6 is 0 Å². The minimum atomic E-state index is -1.37. The minimum Gasteiger partial charge on any atom is -0.549 e. The fourth-order valence-electron chi connectivity index (χ4n) is 1.61. The molecule has 0 saturated carbocycles. The first-order valence-corrected chi connectivity index (χ1v) is 5.22. The van der Waals surface area contributed by atoms with Crippen LogP contribution in [-0.2, 0) is 4.79 Å². The molecule has 1 aromatic carbocycles. The van der Waals surface area contributed by atoms with E-state index in [1.54, 1.807) is 18.2 Å². The SMILES string of the molecule is CC(C)(C(=O)[O-])[C@@H](O)c1ccc2c(c1)OCO2. The first-order valence-electron chi connectivity index (χ1n) is 5.22. The van der Waals surface area contributed by atoms with Gasteiger partial charge in [0.05, 0.1) is 6.10 Å². The summed E-state index contributed by atoms with van der Waals surface area (Å²) < 4.78 is 10.3. The molecule has 0 spiro atoms. The molecule has 1 aliphatic heterocycles. The highest BCUT2D eigenvalue weighted by molar-refractivity contribution is 5.72. The first-order chi connectivity index (χ1) is 7.93. The van der Waals surface area contributed by atoms with Gasteiger partial charge < -0.3 is 24.5 Å². The van der Waals surface area contributed by atoms with Gasteiger partial charge in [-0.05, 0) is 17.7 Å². The van der Waals surface area contributed by atoms with E-state index in [-0.39, 0.29) is 6.79 Å². The zero-order chi connectivity index (χ0) is 12.6. The highest BCUT2D eigenvalue weighted by Gasteiger charge is 2.31. The zero-order valence-corrected chi connectivity index (χ0v) is 9.60. The molecule has 0 fully saturated rings. The van der Waals surface area contributed by atoms with E-state index in [0.717, 1.165) is 0 Å². The van der Waals surface area contributed by atoms with Gasteiger partial charge in [-0.2, -0.15) is 0 Å². The van der Waals surface area contributed by atoms with Gasteiger partial charge in [-0.1, -0.05) is 19.9 Å². The predicted octanol–water partition coefficient (Wildman–Crippen LogP) is 0.225. The molecular formula is C12H13O5-. The molecule has 0 aromatic heterocycles. The number of hydrogen-bond acceptors (Lipinski definition) is 5. The van der Waals surface area contributed by atoms with Crippen molar-refractivity contribution >= 4 is 5.97 Å². The first kappa shape index (κ1) is 11.7. The largest absolute Gasteiger partial charge is 0.549 e. The van der Waals surface area contributed by atoms with E-state index < -0.39 is 17.5 Å². The number of carboxylic acids is 1. The number of carboxylic acid groups (broad SMARTS) is 1. The summed E-state index contributed by atoms with van der Waals surface area (Å²) in [6.07, 6.45) is -1.16. The predicted molar refractivity (Wildman–Crippen MR) is 56.3 cm³/mol. The summed E-state index contributed by atoms with van der Waals surface area (Å²) in [5, 5.41) is 21.0. The third-order valence-corrected chi connectivity index (χ3v) is 2.92. The van der Waals surface area contributed by atoms with Gasteiger partial charge in [0, 0.05) is 11.4 Å². The summed E-state index contributed by atoms with van der Waals surface area (Å²) in [5.74, 6) is -0.203. The summed E-state index contributed by atoms with van der Waals surface area (Å²) in [6, 6.07) is 4.84. The highest BCUT2D eigenvalue weighted by atomic mass is 16.7. The Morgan fingerprint density at radius 1 is 1.41 bits per heavy atom. The zero-order valence-electron chi connectivity index (χ0n) is 9.60. The van der Waals surface area contributed by atoms with E-state index in [9.17, 15) is 15.0 Å². The third kappa shape index (κ3) is 1.93. The Hall–Kier alpha value is -1.75. The number of aliphatic hydroxyl groups excluding tert-OH is 1. The molecular weight excluding hydrogens is 224 g/mol.